The van der Waals surface area contributed by atoms with Crippen LogP contribution in [0, 0.1) is 5.92 Å². The second-order valence-electron chi connectivity index (χ2n) is 5.42. The number of amides is 1. The van der Waals surface area contributed by atoms with Gasteiger partial charge in [-0.2, -0.15) is 0 Å². The lowest BCUT2D eigenvalue weighted by Gasteiger charge is -2.30. The summed E-state index contributed by atoms with van der Waals surface area (Å²) in [7, 11) is 0. The highest BCUT2D eigenvalue weighted by Crippen LogP contribution is 2.16. The number of piperidine rings is 1. The smallest absolute Gasteiger partial charge is 0.216 e. The van der Waals surface area contributed by atoms with E-state index in [1.807, 2.05) is 0 Å². The third kappa shape index (κ3) is 7.37. The first kappa shape index (κ1) is 14.5. The monoisotopic (exact) mass is 240 g/mol. The number of rotatable bonds is 7. The molecule has 0 unspecified atom stereocenters. The minimum Gasteiger partial charge on any atom is -0.356 e. The van der Waals surface area contributed by atoms with Gasteiger partial charge in [-0.1, -0.05) is 19.8 Å². The Morgan fingerprint density at radius 3 is 2.47 bits per heavy atom. The maximum atomic E-state index is 10.6. The van der Waals surface area contributed by atoms with E-state index in [4.69, 9.17) is 0 Å². The summed E-state index contributed by atoms with van der Waals surface area (Å²) in [6.07, 6.45) is 7.73. The van der Waals surface area contributed by atoms with E-state index in [2.05, 4.69) is 17.1 Å². The van der Waals surface area contributed by atoms with Gasteiger partial charge in [-0.25, -0.2) is 0 Å². The molecule has 100 valence electrons. The summed E-state index contributed by atoms with van der Waals surface area (Å²) in [4.78, 5) is 13.3. The number of unbranched alkanes of at least 4 members (excludes halogenated alkanes) is 3. The zero-order valence-electron chi connectivity index (χ0n) is 11.5. The molecule has 1 rings (SSSR count). The third-order valence-corrected chi connectivity index (χ3v) is 3.65. The van der Waals surface area contributed by atoms with Crippen molar-refractivity contribution in [2.75, 3.05) is 26.2 Å². The number of nitrogens with one attached hydrogen (secondary N) is 1. The molecule has 0 bridgehead atoms. The van der Waals surface area contributed by atoms with E-state index >= 15 is 0 Å². The van der Waals surface area contributed by atoms with Crippen molar-refractivity contribution in [1.29, 1.82) is 0 Å². The Morgan fingerprint density at radius 2 is 1.82 bits per heavy atom. The minimum atomic E-state index is 0.0902. The molecule has 1 fully saturated rings. The molecule has 0 aromatic rings. The van der Waals surface area contributed by atoms with Crippen molar-refractivity contribution < 1.29 is 4.79 Å². The van der Waals surface area contributed by atoms with Crippen LogP contribution in [0.5, 0.6) is 0 Å². The van der Waals surface area contributed by atoms with E-state index in [1.54, 1.807) is 6.92 Å². The van der Waals surface area contributed by atoms with Crippen LogP contribution in [-0.4, -0.2) is 37.0 Å². The van der Waals surface area contributed by atoms with Crippen molar-refractivity contribution in [3.05, 3.63) is 0 Å². The molecular weight excluding hydrogens is 212 g/mol. The first-order valence-electron chi connectivity index (χ1n) is 7.15. The van der Waals surface area contributed by atoms with E-state index in [0.717, 1.165) is 18.9 Å². The predicted molar refractivity (Wildman–Crippen MR) is 72.0 cm³/mol. The Balaban J connectivity index is 1.85. The number of hydrogen-bond acceptors (Lipinski definition) is 2. The topological polar surface area (TPSA) is 32.3 Å². The average Bonchev–Trinajstić information content (AvgIpc) is 2.30. The molecule has 1 aliphatic rings. The number of carbonyl (C=O) groups excluding carboxylic acids is 1. The second kappa shape index (κ2) is 8.51. The molecule has 0 aromatic carbocycles. The Labute approximate surface area is 106 Å². The van der Waals surface area contributed by atoms with E-state index in [0.29, 0.717) is 0 Å². The van der Waals surface area contributed by atoms with Crippen molar-refractivity contribution >= 4 is 5.91 Å². The molecule has 1 aliphatic heterocycles. The molecule has 0 radical (unpaired) electrons. The van der Waals surface area contributed by atoms with Crippen LogP contribution in [0.3, 0.4) is 0 Å². The van der Waals surface area contributed by atoms with Gasteiger partial charge in [0.05, 0.1) is 0 Å². The Morgan fingerprint density at radius 1 is 1.18 bits per heavy atom. The lowest BCUT2D eigenvalue weighted by atomic mass is 9.99. The largest absolute Gasteiger partial charge is 0.356 e. The van der Waals surface area contributed by atoms with E-state index in [9.17, 15) is 4.79 Å². The molecule has 0 aliphatic carbocycles. The third-order valence-electron chi connectivity index (χ3n) is 3.65. The van der Waals surface area contributed by atoms with Crippen molar-refractivity contribution in [1.82, 2.24) is 10.2 Å². The summed E-state index contributed by atoms with van der Waals surface area (Å²) in [5, 5.41) is 2.84. The zero-order chi connectivity index (χ0) is 12.5. The van der Waals surface area contributed by atoms with Crippen LogP contribution >= 0.6 is 0 Å². The summed E-state index contributed by atoms with van der Waals surface area (Å²) in [5.41, 5.74) is 0. The molecule has 3 nitrogen and oxygen atoms in total. The highest BCUT2D eigenvalue weighted by molar-refractivity contribution is 5.72. The van der Waals surface area contributed by atoms with Gasteiger partial charge in [-0.15, -0.1) is 0 Å². The van der Waals surface area contributed by atoms with Crippen molar-refractivity contribution in [2.45, 2.75) is 52.4 Å². The van der Waals surface area contributed by atoms with E-state index in [-0.39, 0.29) is 5.91 Å². The number of carbonyl (C=O) groups is 1. The van der Waals surface area contributed by atoms with Gasteiger partial charge in [-0.05, 0) is 51.2 Å². The van der Waals surface area contributed by atoms with Gasteiger partial charge in [0.25, 0.3) is 0 Å². The van der Waals surface area contributed by atoms with Crippen molar-refractivity contribution in [2.24, 2.45) is 5.92 Å². The molecular formula is C14H28N2O. The van der Waals surface area contributed by atoms with Gasteiger partial charge in [-0.3, -0.25) is 4.79 Å². The summed E-state index contributed by atoms with van der Waals surface area (Å²) >= 11 is 0. The van der Waals surface area contributed by atoms with Crippen LogP contribution in [-0.2, 0) is 4.79 Å². The molecule has 3 heteroatoms. The fourth-order valence-electron chi connectivity index (χ4n) is 2.36. The minimum absolute atomic E-state index is 0.0902. The summed E-state index contributed by atoms with van der Waals surface area (Å²) in [6, 6.07) is 0. The summed E-state index contributed by atoms with van der Waals surface area (Å²) < 4.78 is 0. The van der Waals surface area contributed by atoms with Crippen LogP contribution in [0.2, 0.25) is 0 Å². The highest BCUT2D eigenvalue weighted by atomic mass is 16.1. The standard InChI is InChI=1S/C14H28N2O/c1-13-7-11-16(12-8-13)10-6-4-3-5-9-15-14(2)17/h13H,3-12H2,1-2H3,(H,15,17). The highest BCUT2D eigenvalue weighted by Gasteiger charge is 2.14. The molecule has 0 saturated carbocycles. The van der Waals surface area contributed by atoms with Crippen molar-refractivity contribution in [3.63, 3.8) is 0 Å². The molecule has 1 N–H and O–H groups in total. The Kier molecular flexibility index (Phi) is 7.25. The van der Waals surface area contributed by atoms with Crippen molar-refractivity contribution in [3.8, 4) is 0 Å². The number of nitrogens with zero attached hydrogens (tertiary/aromatic N) is 1. The van der Waals surface area contributed by atoms with E-state index in [1.165, 1.54) is 51.7 Å². The van der Waals surface area contributed by atoms with Gasteiger partial charge >= 0.3 is 0 Å². The first-order chi connectivity index (χ1) is 8.18. The van der Waals surface area contributed by atoms with Gasteiger partial charge in [0, 0.05) is 13.5 Å². The normalized spacial score (nSPS) is 18.2. The molecule has 0 aromatic heterocycles. The molecule has 0 spiro atoms. The average molecular weight is 240 g/mol. The van der Waals surface area contributed by atoms with Gasteiger partial charge < -0.3 is 10.2 Å². The summed E-state index contributed by atoms with van der Waals surface area (Å²) in [5.74, 6) is 1.02. The number of hydrogen-bond donors (Lipinski definition) is 1. The fourth-order valence-corrected chi connectivity index (χ4v) is 2.36. The lowest BCUT2D eigenvalue weighted by molar-refractivity contribution is -0.118. The molecule has 1 amide bonds. The van der Waals surface area contributed by atoms with Gasteiger partial charge in [0.2, 0.25) is 5.91 Å². The van der Waals surface area contributed by atoms with E-state index < -0.39 is 0 Å². The van der Waals surface area contributed by atoms with Gasteiger partial charge in [0.1, 0.15) is 0 Å². The predicted octanol–water partition coefficient (Wildman–Crippen LogP) is 2.41. The lowest BCUT2D eigenvalue weighted by Crippen LogP contribution is -2.33. The number of likely N-dealkylation sites (tertiary alicyclic amines) is 1. The molecule has 1 heterocycles. The molecule has 17 heavy (non-hydrogen) atoms. The quantitative estimate of drug-likeness (QED) is 0.693. The summed E-state index contributed by atoms with van der Waals surface area (Å²) in [6.45, 7) is 8.65. The van der Waals surface area contributed by atoms with Gasteiger partial charge in [0.15, 0.2) is 0 Å². The zero-order valence-corrected chi connectivity index (χ0v) is 11.5. The Bertz CT molecular complexity index is 210. The maximum absolute atomic E-state index is 10.6. The maximum Gasteiger partial charge on any atom is 0.216 e. The molecule has 1 saturated heterocycles. The molecule has 0 atom stereocenters. The SMILES string of the molecule is CC(=O)NCCCCCCN1CCC(C)CC1. The van der Waals surface area contributed by atoms with Crippen LogP contribution < -0.4 is 5.32 Å². The fraction of sp³-hybridized carbons (Fsp3) is 0.929. The second-order valence-corrected chi connectivity index (χ2v) is 5.42. The van der Waals surface area contributed by atoms with Crippen LogP contribution in [0.1, 0.15) is 52.4 Å². The van der Waals surface area contributed by atoms with Crippen LogP contribution in [0.25, 0.3) is 0 Å². The first-order valence-corrected chi connectivity index (χ1v) is 7.15. The van der Waals surface area contributed by atoms with Crippen LogP contribution in [0.4, 0.5) is 0 Å². The van der Waals surface area contributed by atoms with Crippen LogP contribution in [0.15, 0.2) is 0 Å². The Hall–Kier alpha value is -0.570.